The number of benzene rings is 3. The van der Waals surface area contributed by atoms with E-state index in [9.17, 15) is 9.59 Å². The highest BCUT2D eigenvalue weighted by Gasteiger charge is 2.19. The first-order valence-corrected chi connectivity index (χ1v) is 8.81. The molecule has 0 unspecified atom stereocenters. The van der Waals surface area contributed by atoms with Gasteiger partial charge < -0.3 is 11.1 Å². The highest BCUT2D eigenvalue weighted by Crippen LogP contribution is 2.19. The van der Waals surface area contributed by atoms with E-state index in [1.807, 2.05) is 42.5 Å². The third-order valence-electron chi connectivity index (χ3n) is 4.40. The van der Waals surface area contributed by atoms with E-state index in [0.29, 0.717) is 11.1 Å². The van der Waals surface area contributed by atoms with Crippen LogP contribution in [0.1, 0.15) is 21.5 Å². The van der Waals surface area contributed by atoms with Crippen molar-refractivity contribution in [1.82, 2.24) is 5.32 Å². The fourth-order valence-corrected chi connectivity index (χ4v) is 2.91. The number of nitrogens with one attached hydrogen (secondary N) is 1. The van der Waals surface area contributed by atoms with Gasteiger partial charge in [0.05, 0.1) is 11.6 Å². The summed E-state index contributed by atoms with van der Waals surface area (Å²) in [6, 6.07) is 25.1. The van der Waals surface area contributed by atoms with E-state index in [-0.39, 0.29) is 12.3 Å². The molecule has 0 saturated heterocycles. The van der Waals surface area contributed by atoms with Crippen molar-refractivity contribution in [3.8, 4) is 17.2 Å². The predicted molar refractivity (Wildman–Crippen MR) is 107 cm³/mol. The van der Waals surface area contributed by atoms with Gasteiger partial charge in [0.25, 0.3) is 5.91 Å². The third-order valence-corrected chi connectivity index (χ3v) is 4.40. The van der Waals surface area contributed by atoms with E-state index in [1.54, 1.807) is 36.4 Å². The van der Waals surface area contributed by atoms with Crippen LogP contribution < -0.4 is 11.1 Å². The van der Waals surface area contributed by atoms with Gasteiger partial charge in [-0.3, -0.25) is 9.59 Å². The van der Waals surface area contributed by atoms with Crippen LogP contribution in [0, 0.1) is 11.3 Å². The number of nitriles is 1. The Balaban J connectivity index is 1.72. The molecule has 3 aromatic rings. The lowest BCUT2D eigenvalue weighted by Crippen LogP contribution is -2.45. The molecule has 0 aliphatic carbocycles. The summed E-state index contributed by atoms with van der Waals surface area (Å²) in [7, 11) is 0. The number of carbonyl (C=O) groups excluding carboxylic acids is 2. The van der Waals surface area contributed by atoms with Gasteiger partial charge in [0.15, 0.2) is 0 Å². The summed E-state index contributed by atoms with van der Waals surface area (Å²) in [6.07, 6.45) is 0.221. The van der Waals surface area contributed by atoms with Crippen LogP contribution in [0.5, 0.6) is 0 Å². The summed E-state index contributed by atoms with van der Waals surface area (Å²) in [6.45, 7) is 0. The van der Waals surface area contributed by atoms with Crippen LogP contribution in [-0.2, 0) is 11.2 Å². The minimum absolute atomic E-state index is 0.221. The van der Waals surface area contributed by atoms with Crippen molar-refractivity contribution in [1.29, 1.82) is 5.26 Å². The zero-order valence-corrected chi connectivity index (χ0v) is 15.1. The molecule has 0 saturated carbocycles. The summed E-state index contributed by atoms with van der Waals surface area (Å²) in [5, 5.41) is 11.7. The van der Waals surface area contributed by atoms with Crippen molar-refractivity contribution in [2.24, 2.45) is 5.73 Å². The van der Waals surface area contributed by atoms with Crippen LogP contribution in [0.4, 0.5) is 0 Å². The van der Waals surface area contributed by atoms with Crippen molar-refractivity contribution in [3.05, 3.63) is 95.6 Å². The van der Waals surface area contributed by atoms with Crippen LogP contribution in [0.2, 0.25) is 0 Å². The molecule has 138 valence electrons. The fraction of sp³-hybridized carbons (Fsp3) is 0.0870. The molecule has 5 nitrogen and oxygen atoms in total. The molecule has 0 fully saturated rings. The number of hydrogen-bond acceptors (Lipinski definition) is 3. The van der Waals surface area contributed by atoms with Gasteiger partial charge in [-0.2, -0.15) is 5.26 Å². The minimum atomic E-state index is -0.866. The van der Waals surface area contributed by atoms with Gasteiger partial charge in [-0.25, -0.2) is 0 Å². The number of nitrogens with zero attached hydrogens (tertiary/aromatic N) is 1. The van der Waals surface area contributed by atoms with E-state index in [4.69, 9.17) is 11.0 Å². The Hall–Kier alpha value is -3.91. The lowest BCUT2D eigenvalue weighted by Gasteiger charge is -2.16. The lowest BCUT2D eigenvalue weighted by atomic mass is 10.0. The van der Waals surface area contributed by atoms with Crippen LogP contribution >= 0.6 is 0 Å². The molecule has 0 aliphatic heterocycles. The third kappa shape index (κ3) is 4.63. The monoisotopic (exact) mass is 369 g/mol. The van der Waals surface area contributed by atoms with E-state index in [2.05, 4.69) is 11.4 Å². The van der Waals surface area contributed by atoms with Crippen LogP contribution in [0.3, 0.4) is 0 Å². The number of hydrogen-bond donors (Lipinski definition) is 2. The molecule has 0 spiro atoms. The van der Waals surface area contributed by atoms with Crippen LogP contribution in [0.15, 0.2) is 78.9 Å². The van der Waals surface area contributed by atoms with Gasteiger partial charge in [0.1, 0.15) is 6.04 Å². The Morgan fingerprint density at radius 2 is 1.61 bits per heavy atom. The molecule has 3 N–H and O–H groups in total. The predicted octanol–water partition coefficient (Wildman–Crippen LogP) is 3.05. The lowest BCUT2D eigenvalue weighted by molar-refractivity contribution is -0.119. The molecule has 5 heteroatoms. The van der Waals surface area contributed by atoms with E-state index in [0.717, 1.165) is 16.7 Å². The van der Waals surface area contributed by atoms with Crippen LogP contribution in [-0.4, -0.2) is 17.9 Å². The topological polar surface area (TPSA) is 96.0 Å². The Morgan fingerprint density at radius 3 is 2.25 bits per heavy atom. The van der Waals surface area contributed by atoms with E-state index >= 15 is 0 Å². The van der Waals surface area contributed by atoms with Crippen molar-refractivity contribution >= 4 is 11.8 Å². The Kier molecular flexibility index (Phi) is 5.83. The summed E-state index contributed by atoms with van der Waals surface area (Å²) >= 11 is 0. The molecule has 3 rings (SSSR count). The number of nitrogens with two attached hydrogens (primary N) is 1. The van der Waals surface area contributed by atoms with Gasteiger partial charge in [-0.05, 0) is 41.0 Å². The standard InChI is InChI=1S/C23H19N3O2/c24-15-17-6-4-5-16(13-17)14-21(22(25)27)26-23(28)20-11-9-19(10-12-20)18-7-2-1-3-8-18/h1-13,21H,14H2,(H2,25,27)(H,26,28)/t21-/m1/s1. The van der Waals surface area contributed by atoms with Gasteiger partial charge in [0.2, 0.25) is 5.91 Å². The molecular weight excluding hydrogens is 350 g/mol. The maximum atomic E-state index is 12.5. The summed E-state index contributed by atoms with van der Waals surface area (Å²) in [5.41, 5.74) is 9.20. The molecule has 0 aromatic heterocycles. The quantitative estimate of drug-likeness (QED) is 0.699. The second-order valence-electron chi connectivity index (χ2n) is 6.39. The first kappa shape index (κ1) is 18.9. The minimum Gasteiger partial charge on any atom is -0.368 e. The summed E-state index contributed by atoms with van der Waals surface area (Å²) in [5.74, 6) is -1.00. The Labute approximate surface area is 163 Å². The Morgan fingerprint density at radius 1 is 0.929 bits per heavy atom. The number of primary amides is 1. The molecular formula is C23H19N3O2. The van der Waals surface area contributed by atoms with Crippen molar-refractivity contribution in [2.75, 3.05) is 0 Å². The first-order chi connectivity index (χ1) is 13.6. The van der Waals surface area contributed by atoms with E-state index in [1.165, 1.54) is 0 Å². The van der Waals surface area contributed by atoms with Crippen LogP contribution in [0.25, 0.3) is 11.1 Å². The highest BCUT2D eigenvalue weighted by atomic mass is 16.2. The van der Waals surface area contributed by atoms with E-state index < -0.39 is 11.9 Å². The largest absolute Gasteiger partial charge is 0.368 e. The zero-order valence-electron chi connectivity index (χ0n) is 15.1. The van der Waals surface area contributed by atoms with Gasteiger partial charge >= 0.3 is 0 Å². The molecule has 3 aromatic carbocycles. The van der Waals surface area contributed by atoms with Gasteiger partial charge in [0, 0.05) is 12.0 Å². The molecule has 28 heavy (non-hydrogen) atoms. The smallest absolute Gasteiger partial charge is 0.251 e. The molecule has 1 atom stereocenters. The average molecular weight is 369 g/mol. The van der Waals surface area contributed by atoms with Gasteiger partial charge in [-0.1, -0.05) is 54.6 Å². The number of rotatable bonds is 6. The van der Waals surface area contributed by atoms with Crippen molar-refractivity contribution in [2.45, 2.75) is 12.5 Å². The molecule has 2 amide bonds. The highest BCUT2D eigenvalue weighted by molar-refractivity contribution is 5.97. The maximum Gasteiger partial charge on any atom is 0.251 e. The fourth-order valence-electron chi connectivity index (χ4n) is 2.91. The normalized spacial score (nSPS) is 11.2. The first-order valence-electron chi connectivity index (χ1n) is 8.81. The van der Waals surface area contributed by atoms with Gasteiger partial charge in [-0.15, -0.1) is 0 Å². The molecule has 0 radical (unpaired) electrons. The van der Waals surface area contributed by atoms with Crippen molar-refractivity contribution in [3.63, 3.8) is 0 Å². The van der Waals surface area contributed by atoms with Crippen molar-refractivity contribution < 1.29 is 9.59 Å². The zero-order chi connectivity index (χ0) is 19.9. The molecule has 0 aliphatic rings. The summed E-state index contributed by atoms with van der Waals surface area (Å²) in [4.78, 5) is 24.4. The number of carbonyl (C=O) groups is 2. The molecule has 0 bridgehead atoms. The maximum absolute atomic E-state index is 12.5. The molecule has 0 heterocycles. The second kappa shape index (κ2) is 8.65. The second-order valence-corrected chi connectivity index (χ2v) is 6.39. The SMILES string of the molecule is N#Cc1cccc(C[C@@H](NC(=O)c2ccc(-c3ccccc3)cc2)C(N)=O)c1. The summed E-state index contributed by atoms with van der Waals surface area (Å²) < 4.78 is 0. The number of amides is 2. The average Bonchev–Trinajstić information content (AvgIpc) is 2.74. The Bertz CT molecular complexity index is 1020.